The van der Waals surface area contributed by atoms with Crippen LogP contribution in [0.2, 0.25) is 0 Å². The van der Waals surface area contributed by atoms with Crippen LogP contribution in [0.1, 0.15) is 25.0 Å². The van der Waals surface area contributed by atoms with Gasteiger partial charge >= 0.3 is 0 Å². The summed E-state index contributed by atoms with van der Waals surface area (Å²) in [6, 6.07) is 6.25. The van der Waals surface area contributed by atoms with E-state index < -0.39 is 0 Å². The van der Waals surface area contributed by atoms with Gasteiger partial charge in [0.05, 0.1) is 6.61 Å². The summed E-state index contributed by atoms with van der Waals surface area (Å²) in [4.78, 5) is 0. The zero-order valence-electron chi connectivity index (χ0n) is 9.26. The molecule has 0 aromatic heterocycles. The molecule has 0 saturated heterocycles. The molecule has 2 heteroatoms. The normalized spacial score (nSPS) is 10.2. The topological polar surface area (TPSA) is 21.3 Å². The Morgan fingerprint density at radius 2 is 2.07 bits per heavy atom. The fourth-order valence-corrected chi connectivity index (χ4v) is 1.38. The van der Waals surface area contributed by atoms with E-state index in [1.807, 2.05) is 13.0 Å². The van der Waals surface area contributed by atoms with Gasteiger partial charge in [-0.2, -0.15) is 0 Å². The van der Waals surface area contributed by atoms with Crippen molar-refractivity contribution in [1.82, 2.24) is 5.32 Å². The van der Waals surface area contributed by atoms with Gasteiger partial charge in [-0.3, -0.25) is 0 Å². The summed E-state index contributed by atoms with van der Waals surface area (Å²) in [5, 5.41) is 3.32. The molecule has 0 atom stereocenters. The maximum atomic E-state index is 5.43. The van der Waals surface area contributed by atoms with Crippen molar-refractivity contribution in [1.29, 1.82) is 0 Å². The van der Waals surface area contributed by atoms with Gasteiger partial charge in [-0.1, -0.05) is 13.0 Å². The van der Waals surface area contributed by atoms with Crippen molar-refractivity contribution in [2.45, 2.75) is 27.3 Å². The zero-order chi connectivity index (χ0) is 10.4. The number of nitrogens with one attached hydrogen (secondary N) is 1. The molecule has 0 fully saturated rings. The average Bonchev–Trinajstić information content (AvgIpc) is 2.17. The quantitative estimate of drug-likeness (QED) is 0.775. The van der Waals surface area contributed by atoms with Crippen LogP contribution < -0.4 is 10.1 Å². The zero-order valence-corrected chi connectivity index (χ0v) is 9.26. The first-order chi connectivity index (χ1) is 6.77. The molecule has 0 aliphatic heterocycles. The van der Waals surface area contributed by atoms with E-state index in [1.165, 1.54) is 11.1 Å². The van der Waals surface area contributed by atoms with E-state index in [4.69, 9.17) is 4.74 Å². The van der Waals surface area contributed by atoms with E-state index in [0.717, 1.165) is 25.4 Å². The van der Waals surface area contributed by atoms with Crippen molar-refractivity contribution < 1.29 is 4.74 Å². The highest BCUT2D eigenvalue weighted by atomic mass is 16.5. The molecule has 0 unspecified atom stereocenters. The van der Waals surface area contributed by atoms with Crippen LogP contribution in [0.25, 0.3) is 0 Å². The Balaban J connectivity index is 2.68. The Morgan fingerprint density at radius 3 is 2.64 bits per heavy atom. The minimum atomic E-state index is 0.728. The Bertz CT molecular complexity index is 284. The molecule has 0 saturated carbocycles. The molecule has 0 amide bonds. The van der Waals surface area contributed by atoms with E-state index in [1.54, 1.807) is 0 Å². The van der Waals surface area contributed by atoms with E-state index in [0.29, 0.717) is 0 Å². The third-order valence-corrected chi connectivity index (χ3v) is 2.19. The predicted molar refractivity (Wildman–Crippen MR) is 59.7 cm³/mol. The number of benzene rings is 1. The van der Waals surface area contributed by atoms with Crippen molar-refractivity contribution in [3.05, 3.63) is 29.3 Å². The van der Waals surface area contributed by atoms with Crippen LogP contribution in [-0.2, 0) is 6.54 Å². The lowest BCUT2D eigenvalue weighted by molar-refractivity contribution is 0.340. The maximum Gasteiger partial charge on any atom is 0.119 e. The predicted octanol–water partition coefficient (Wildman–Crippen LogP) is 2.50. The lowest BCUT2D eigenvalue weighted by atomic mass is 10.1. The Hall–Kier alpha value is -1.02. The van der Waals surface area contributed by atoms with E-state index in [2.05, 4.69) is 31.3 Å². The van der Waals surface area contributed by atoms with Crippen molar-refractivity contribution in [3.63, 3.8) is 0 Å². The van der Waals surface area contributed by atoms with Crippen molar-refractivity contribution >= 4 is 0 Å². The van der Waals surface area contributed by atoms with Crippen molar-refractivity contribution in [3.8, 4) is 5.75 Å². The van der Waals surface area contributed by atoms with Crippen LogP contribution in [0.15, 0.2) is 18.2 Å². The summed E-state index contributed by atoms with van der Waals surface area (Å²) < 4.78 is 5.43. The maximum absolute atomic E-state index is 5.43. The highest BCUT2D eigenvalue weighted by Crippen LogP contribution is 2.16. The SMILES string of the molecule is CCNCc1ccc(OCC)cc1C. The minimum Gasteiger partial charge on any atom is -0.494 e. The molecule has 0 radical (unpaired) electrons. The number of rotatable bonds is 5. The number of hydrogen-bond donors (Lipinski definition) is 1. The molecule has 0 spiro atoms. The number of hydrogen-bond acceptors (Lipinski definition) is 2. The fourth-order valence-electron chi connectivity index (χ4n) is 1.38. The van der Waals surface area contributed by atoms with Crippen LogP contribution >= 0.6 is 0 Å². The van der Waals surface area contributed by atoms with Crippen LogP contribution in [-0.4, -0.2) is 13.2 Å². The smallest absolute Gasteiger partial charge is 0.119 e. The van der Waals surface area contributed by atoms with Gasteiger partial charge < -0.3 is 10.1 Å². The summed E-state index contributed by atoms with van der Waals surface area (Å²) >= 11 is 0. The summed E-state index contributed by atoms with van der Waals surface area (Å²) in [6.45, 7) is 8.91. The Morgan fingerprint density at radius 1 is 1.29 bits per heavy atom. The van der Waals surface area contributed by atoms with Crippen molar-refractivity contribution in [2.24, 2.45) is 0 Å². The van der Waals surface area contributed by atoms with Gasteiger partial charge in [0.1, 0.15) is 5.75 Å². The first-order valence-corrected chi connectivity index (χ1v) is 5.21. The van der Waals surface area contributed by atoms with E-state index in [-0.39, 0.29) is 0 Å². The first kappa shape index (κ1) is 11.1. The molecular formula is C12H19NO. The van der Waals surface area contributed by atoms with Gasteiger partial charge in [0.25, 0.3) is 0 Å². The number of ether oxygens (including phenoxy) is 1. The summed E-state index contributed by atoms with van der Waals surface area (Å²) in [5.74, 6) is 0.963. The van der Waals surface area contributed by atoms with Gasteiger partial charge in [-0.15, -0.1) is 0 Å². The van der Waals surface area contributed by atoms with Crippen LogP contribution in [0.3, 0.4) is 0 Å². The molecule has 0 aliphatic carbocycles. The second-order valence-corrected chi connectivity index (χ2v) is 3.30. The van der Waals surface area contributed by atoms with Gasteiger partial charge in [0, 0.05) is 6.54 Å². The van der Waals surface area contributed by atoms with Gasteiger partial charge in [-0.25, -0.2) is 0 Å². The molecular weight excluding hydrogens is 174 g/mol. The lowest BCUT2D eigenvalue weighted by Crippen LogP contribution is -2.12. The lowest BCUT2D eigenvalue weighted by Gasteiger charge is -2.09. The highest BCUT2D eigenvalue weighted by Gasteiger charge is 1.99. The molecule has 1 aromatic carbocycles. The van der Waals surface area contributed by atoms with Gasteiger partial charge in [-0.05, 0) is 43.7 Å². The van der Waals surface area contributed by atoms with Crippen LogP contribution in [0.5, 0.6) is 5.75 Å². The van der Waals surface area contributed by atoms with Crippen molar-refractivity contribution in [2.75, 3.05) is 13.2 Å². The molecule has 1 N–H and O–H groups in total. The Labute approximate surface area is 86.3 Å². The molecule has 0 bridgehead atoms. The monoisotopic (exact) mass is 193 g/mol. The molecule has 0 heterocycles. The van der Waals surface area contributed by atoms with E-state index in [9.17, 15) is 0 Å². The third-order valence-electron chi connectivity index (χ3n) is 2.19. The van der Waals surface area contributed by atoms with E-state index >= 15 is 0 Å². The molecule has 14 heavy (non-hydrogen) atoms. The largest absolute Gasteiger partial charge is 0.494 e. The summed E-state index contributed by atoms with van der Waals surface area (Å²) in [7, 11) is 0. The third kappa shape index (κ3) is 3.04. The van der Waals surface area contributed by atoms with Crippen LogP contribution in [0, 0.1) is 6.92 Å². The number of aryl methyl sites for hydroxylation is 1. The standard InChI is InChI=1S/C12H19NO/c1-4-13-9-11-6-7-12(14-5-2)8-10(11)3/h6-8,13H,4-5,9H2,1-3H3. The summed E-state index contributed by atoms with van der Waals surface area (Å²) in [6.07, 6.45) is 0. The molecule has 1 rings (SSSR count). The average molecular weight is 193 g/mol. The first-order valence-electron chi connectivity index (χ1n) is 5.21. The second-order valence-electron chi connectivity index (χ2n) is 3.30. The molecule has 1 aromatic rings. The molecule has 0 aliphatic rings. The minimum absolute atomic E-state index is 0.728. The summed E-state index contributed by atoms with van der Waals surface area (Å²) in [5.41, 5.74) is 2.63. The molecule has 2 nitrogen and oxygen atoms in total. The fraction of sp³-hybridized carbons (Fsp3) is 0.500. The van der Waals surface area contributed by atoms with Crippen LogP contribution in [0.4, 0.5) is 0 Å². The second kappa shape index (κ2) is 5.66. The van der Waals surface area contributed by atoms with Gasteiger partial charge in [0.15, 0.2) is 0 Å². The van der Waals surface area contributed by atoms with Gasteiger partial charge in [0.2, 0.25) is 0 Å². The Kier molecular flexibility index (Phi) is 4.47. The highest BCUT2D eigenvalue weighted by molar-refractivity contribution is 5.34. The molecule has 78 valence electrons.